The molecule has 4 aliphatic rings. The molecule has 5 heteroatoms. The number of carbonyl (C=O) groups excluding carboxylic acids is 1. The van der Waals surface area contributed by atoms with Crippen molar-refractivity contribution in [2.45, 2.75) is 37.5 Å². The summed E-state index contributed by atoms with van der Waals surface area (Å²) in [6.45, 7) is 0. The topological polar surface area (TPSA) is 54.4 Å². The SMILES string of the molecule is O=C(O)C1CC(c2ccc(Br)cc2)C1.O=C1c2cc(Br)ccc2C2CC1C2. The van der Waals surface area contributed by atoms with Gasteiger partial charge < -0.3 is 5.11 Å². The van der Waals surface area contributed by atoms with Crippen LogP contribution in [0.25, 0.3) is 0 Å². The molecule has 2 fully saturated rings. The van der Waals surface area contributed by atoms with Crippen LogP contribution in [0.3, 0.4) is 0 Å². The first-order valence-electron chi connectivity index (χ1n) is 9.24. The molecule has 0 aliphatic heterocycles. The van der Waals surface area contributed by atoms with Crippen molar-refractivity contribution in [2.75, 3.05) is 0 Å². The molecule has 0 unspecified atom stereocenters. The van der Waals surface area contributed by atoms with E-state index in [1.165, 1.54) is 11.1 Å². The Labute approximate surface area is 175 Å². The molecule has 0 radical (unpaired) electrons. The van der Waals surface area contributed by atoms with Gasteiger partial charge >= 0.3 is 5.97 Å². The van der Waals surface area contributed by atoms with Crippen molar-refractivity contribution in [2.24, 2.45) is 11.8 Å². The third-order valence-electron chi connectivity index (χ3n) is 6.06. The highest BCUT2D eigenvalue weighted by Crippen LogP contribution is 2.49. The highest BCUT2D eigenvalue weighted by molar-refractivity contribution is 9.10. The van der Waals surface area contributed by atoms with Gasteiger partial charge in [-0.25, -0.2) is 0 Å². The zero-order chi connectivity index (χ0) is 19.1. The molecule has 0 aromatic heterocycles. The monoisotopic (exact) mass is 490 g/mol. The quantitative estimate of drug-likeness (QED) is 0.546. The van der Waals surface area contributed by atoms with Gasteiger partial charge in [0.1, 0.15) is 0 Å². The summed E-state index contributed by atoms with van der Waals surface area (Å²) in [5.41, 5.74) is 3.49. The Morgan fingerprint density at radius 2 is 1.48 bits per heavy atom. The highest BCUT2D eigenvalue weighted by atomic mass is 79.9. The molecular weight excluding hydrogens is 472 g/mol. The minimum Gasteiger partial charge on any atom is -0.481 e. The average molecular weight is 492 g/mol. The molecular formula is C22H20Br2O3. The fourth-order valence-corrected chi connectivity index (χ4v) is 4.86. The lowest BCUT2D eigenvalue weighted by molar-refractivity contribution is -0.145. The average Bonchev–Trinajstić information content (AvgIpc) is 2.55. The number of hydrogen-bond donors (Lipinski definition) is 1. The summed E-state index contributed by atoms with van der Waals surface area (Å²) in [6, 6.07) is 14.2. The van der Waals surface area contributed by atoms with Crippen molar-refractivity contribution in [1.29, 1.82) is 0 Å². The Kier molecular flexibility index (Phi) is 5.26. The minimum atomic E-state index is -0.654. The molecule has 0 saturated heterocycles. The van der Waals surface area contributed by atoms with Crippen molar-refractivity contribution in [3.63, 3.8) is 0 Å². The van der Waals surface area contributed by atoms with Crippen LogP contribution in [0.15, 0.2) is 51.4 Å². The highest BCUT2D eigenvalue weighted by Gasteiger charge is 2.42. The maximum Gasteiger partial charge on any atom is 0.306 e. The number of aliphatic carboxylic acids is 1. The number of benzene rings is 2. The van der Waals surface area contributed by atoms with Crippen LogP contribution in [0.5, 0.6) is 0 Å². The van der Waals surface area contributed by atoms with Gasteiger partial charge in [-0.3, -0.25) is 9.59 Å². The summed E-state index contributed by atoms with van der Waals surface area (Å²) in [5.74, 6) is 1.04. The Morgan fingerprint density at radius 1 is 0.852 bits per heavy atom. The van der Waals surface area contributed by atoms with Gasteiger partial charge in [-0.05, 0) is 72.9 Å². The minimum absolute atomic E-state index is 0.122. The lowest BCUT2D eigenvalue weighted by Gasteiger charge is -2.41. The molecule has 6 rings (SSSR count). The zero-order valence-electron chi connectivity index (χ0n) is 14.7. The van der Waals surface area contributed by atoms with E-state index in [9.17, 15) is 9.59 Å². The largest absolute Gasteiger partial charge is 0.481 e. The number of carboxylic acid groups (broad SMARTS) is 1. The first-order chi connectivity index (χ1) is 12.9. The van der Waals surface area contributed by atoms with Gasteiger partial charge in [0, 0.05) is 20.4 Å². The fourth-order valence-electron chi connectivity index (χ4n) is 4.23. The molecule has 2 aromatic rings. The van der Waals surface area contributed by atoms with Gasteiger partial charge in [0.2, 0.25) is 0 Å². The van der Waals surface area contributed by atoms with Crippen LogP contribution in [-0.2, 0) is 4.79 Å². The van der Waals surface area contributed by atoms with Crippen molar-refractivity contribution < 1.29 is 14.7 Å². The van der Waals surface area contributed by atoms with Crippen LogP contribution in [0.1, 0.15) is 59.0 Å². The molecule has 0 amide bonds. The summed E-state index contributed by atoms with van der Waals surface area (Å²) in [6.07, 6.45) is 3.76. The van der Waals surface area contributed by atoms with Crippen LogP contribution in [-0.4, -0.2) is 16.9 Å². The number of rotatable bonds is 2. The number of halogens is 2. The van der Waals surface area contributed by atoms with Crippen molar-refractivity contribution in [3.05, 3.63) is 68.1 Å². The smallest absolute Gasteiger partial charge is 0.306 e. The number of ketones is 1. The van der Waals surface area contributed by atoms with Crippen molar-refractivity contribution >= 4 is 43.6 Å². The van der Waals surface area contributed by atoms with Crippen LogP contribution >= 0.6 is 31.9 Å². The first-order valence-corrected chi connectivity index (χ1v) is 10.8. The van der Waals surface area contributed by atoms with Gasteiger partial charge in [-0.1, -0.05) is 50.1 Å². The summed E-state index contributed by atoms with van der Waals surface area (Å²) in [4.78, 5) is 22.4. The predicted molar refractivity (Wildman–Crippen MR) is 111 cm³/mol. The molecule has 3 nitrogen and oxygen atoms in total. The van der Waals surface area contributed by atoms with Crippen LogP contribution < -0.4 is 0 Å². The molecule has 4 aliphatic carbocycles. The van der Waals surface area contributed by atoms with E-state index >= 15 is 0 Å². The maximum absolute atomic E-state index is 11.8. The summed E-state index contributed by atoms with van der Waals surface area (Å²) < 4.78 is 2.08. The maximum atomic E-state index is 11.8. The van der Waals surface area contributed by atoms with E-state index in [2.05, 4.69) is 50.1 Å². The second-order valence-electron chi connectivity index (χ2n) is 7.72. The van der Waals surface area contributed by atoms with Gasteiger partial charge in [0.15, 0.2) is 5.78 Å². The Balaban J connectivity index is 0.000000134. The first kappa shape index (κ1) is 18.9. The molecule has 27 heavy (non-hydrogen) atoms. The molecule has 2 bridgehead atoms. The van der Waals surface area contributed by atoms with Gasteiger partial charge in [0.25, 0.3) is 0 Å². The van der Waals surface area contributed by atoms with Crippen LogP contribution in [0, 0.1) is 11.8 Å². The van der Waals surface area contributed by atoms with Crippen LogP contribution in [0.4, 0.5) is 0 Å². The summed E-state index contributed by atoms with van der Waals surface area (Å²) in [7, 11) is 0. The second kappa shape index (κ2) is 7.51. The second-order valence-corrected chi connectivity index (χ2v) is 9.55. The number of carbonyl (C=O) groups is 2. The molecule has 0 heterocycles. The van der Waals surface area contributed by atoms with Gasteiger partial charge in [0.05, 0.1) is 5.92 Å². The van der Waals surface area contributed by atoms with E-state index in [-0.39, 0.29) is 5.92 Å². The van der Waals surface area contributed by atoms with Gasteiger partial charge in [-0.15, -0.1) is 0 Å². The van der Waals surface area contributed by atoms with E-state index < -0.39 is 5.97 Å². The predicted octanol–water partition coefficient (Wildman–Crippen LogP) is 6.17. The molecule has 0 spiro atoms. The van der Waals surface area contributed by atoms with E-state index in [0.717, 1.165) is 40.2 Å². The van der Waals surface area contributed by atoms with E-state index in [0.29, 0.717) is 23.5 Å². The van der Waals surface area contributed by atoms with E-state index in [1.807, 2.05) is 24.3 Å². The van der Waals surface area contributed by atoms with Crippen molar-refractivity contribution in [3.8, 4) is 0 Å². The summed E-state index contributed by atoms with van der Waals surface area (Å²) >= 11 is 6.78. The van der Waals surface area contributed by atoms with E-state index in [4.69, 9.17) is 5.11 Å². The number of carboxylic acids is 1. The fraction of sp³-hybridized carbons (Fsp3) is 0.364. The molecule has 0 atom stereocenters. The molecule has 140 valence electrons. The Hall–Kier alpha value is -1.46. The Morgan fingerprint density at radius 3 is 2.11 bits per heavy atom. The molecule has 1 N–H and O–H groups in total. The lowest BCUT2D eigenvalue weighted by Crippen LogP contribution is -2.36. The van der Waals surface area contributed by atoms with Crippen molar-refractivity contribution in [1.82, 2.24) is 0 Å². The van der Waals surface area contributed by atoms with Crippen LogP contribution in [0.2, 0.25) is 0 Å². The number of Topliss-reactive ketones (excluding diaryl/α,β-unsaturated/α-hetero) is 1. The third-order valence-corrected chi connectivity index (χ3v) is 7.08. The standard InChI is InChI=1S/C11H11BrO2.C11H9BrO/c12-10-3-1-7(2-4-10)8-5-9(6-8)11(13)14;12-8-1-2-9-6-3-7(4-6)11(13)10(9)5-8/h1-4,8-9H,5-6H2,(H,13,14);1-2,5-7H,3-4H2. The molecule has 2 aromatic carbocycles. The third kappa shape index (κ3) is 3.77. The zero-order valence-corrected chi connectivity index (χ0v) is 17.9. The molecule has 2 saturated carbocycles. The number of hydrogen-bond acceptors (Lipinski definition) is 2. The lowest BCUT2D eigenvalue weighted by atomic mass is 9.62. The summed E-state index contributed by atoms with van der Waals surface area (Å²) in [5, 5.41) is 8.73. The Bertz CT molecular complexity index is 879. The van der Waals surface area contributed by atoms with E-state index in [1.54, 1.807) is 0 Å². The van der Waals surface area contributed by atoms with Gasteiger partial charge in [-0.2, -0.15) is 0 Å². The normalized spacial score (nSPS) is 27.4.